The van der Waals surface area contributed by atoms with E-state index in [1.807, 2.05) is 31.2 Å². The fourth-order valence-electron chi connectivity index (χ4n) is 3.29. The summed E-state index contributed by atoms with van der Waals surface area (Å²) in [6.07, 6.45) is 0.935. The van der Waals surface area contributed by atoms with Crippen LogP contribution in [0.5, 0.6) is 0 Å². The first-order chi connectivity index (χ1) is 14.0. The molecule has 0 bridgehead atoms. The van der Waals surface area contributed by atoms with Gasteiger partial charge in [-0.15, -0.1) is 10.2 Å². The highest BCUT2D eigenvalue weighted by atomic mass is 19.1. The van der Waals surface area contributed by atoms with Gasteiger partial charge in [0.15, 0.2) is 11.3 Å². The van der Waals surface area contributed by atoms with E-state index in [-0.39, 0.29) is 17.4 Å². The van der Waals surface area contributed by atoms with Gasteiger partial charge >= 0.3 is 0 Å². The van der Waals surface area contributed by atoms with Crippen LogP contribution in [-0.4, -0.2) is 25.7 Å². The highest BCUT2D eigenvalue weighted by molar-refractivity contribution is 6.03. The van der Waals surface area contributed by atoms with E-state index in [0.717, 1.165) is 23.2 Å². The molecule has 1 N–H and O–H groups in total. The molecule has 0 aliphatic carbocycles. The average Bonchev–Trinajstić information content (AvgIpc) is 3.06. The van der Waals surface area contributed by atoms with Crippen molar-refractivity contribution >= 4 is 17.2 Å². The molecule has 146 valence electrons. The summed E-state index contributed by atoms with van der Waals surface area (Å²) in [5.74, 6) is -0.659. The second-order valence-electron chi connectivity index (χ2n) is 6.84. The van der Waals surface area contributed by atoms with E-state index < -0.39 is 0 Å². The third-order valence-electron chi connectivity index (χ3n) is 4.91. The lowest BCUT2D eigenvalue weighted by atomic mass is 10.1. The molecule has 1 amide bonds. The van der Waals surface area contributed by atoms with Gasteiger partial charge in [-0.3, -0.25) is 4.79 Å². The average molecular weight is 389 g/mol. The zero-order chi connectivity index (χ0) is 20.5. The van der Waals surface area contributed by atoms with Crippen LogP contribution in [0.15, 0.2) is 48.5 Å². The van der Waals surface area contributed by atoms with Crippen molar-refractivity contribution in [1.29, 1.82) is 0 Å². The number of fused-ring (bicyclic) bond motifs is 1. The van der Waals surface area contributed by atoms with Gasteiger partial charge in [-0.2, -0.15) is 5.10 Å². The molecule has 2 heterocycles. The van der Waals surface area contributed by atoms with E-state index in [1.54, 1.807) is 23.6 Å². The molecule has 0 atom stereocenters. The summed E-state index contributed by atoms with van der Waals surface area (Å²) in [6, 6.07) is 13.8. The number of nitrogens with one attached hydrogen (secondary N) is 1. The van der Waals surface area contributed by atoms with Crippen molar-refractivity contribution in [3.05, 3.63) is 77.0 Å². The van der Waals surface area contributed by atoms with Crippen LogP contribution in [0.2, 0.25) is 0 Å². The Hall–Kier alpha value is -3.61. The summed E-state index contributed by atoms with van der Waals surface area (Å²) in [7, 11) is 0. The molecular weight excluding hydrogens is 369 g/mol. The molecule has 0 saturated heterocycles. The number of carbonyl (C=O) groups is 1. The zero-order valence-corrected chi connectivity index (χ0v) is 16.4. The molecule has 2 aromatic heterocycles. The van der Waals surface area contributed by atoms with Crippen molar-refractivity contribution in [3.8, 4) is 11.1 Å². The molecule has 2 aromatic carbocycles. The van der Waals surface area contributed by atoms with Crippen LogP contribution in [0.3, 0.4) is 0 Å². The third-order valence-corrected chi connectivity index (χ3v) is 4.91. The Kier molecular flexibility index (Phi) is 4.80. The van der Waals surface area contributed by atoms with E-state index >= 15 is 0 Å². The fraction of sp³-hybridized carbons (Fsp3) is 0.182. The second kappa shape index (κ2) is 7.43. The van der Waals surface area contributed by atoms with Crippen LogP contribution in [0.4, 0.5) is 10.1 Å². The Labute approximate surface area is 167 Å². The van der Waals surface area contributed by atoms with Gasteiger partial charge in [-0.25, -0.2) is 8.91 Å². The summed E-state index contributed by atoms with van der Waals surface area (Å²) in [4.78, 5) is 12.7. The minimum absolute atomic E-state index is 0.199. The first kappa shape index (κ1) is 18.7. The van der Waals surface area contributed by atoms with Crippen LogP contribution < -0.4 is 5.32 Å². The fourth-order valence-corrected chi connectivity index (χ4v) is 3.29. The van der Waals surface area contributed by atoms with Crippen molar-refractivity contribution in [2.45, 2.75) is 27.2 Å². The molecule has 0 saturated carbocycles. The number of aryl methyl sites for hydroxylation is 3. The number of benzene rings is 2. The number of amides is 1. The minimum Gasteiger partial charge on any atom is -0.321 e. The molecule has 0 unspecified atom stereocenters. The summed E-state index contributed by atoms with van der Waals surface area (Å²) >= 11 is 0. The maximum absolute atomic E-state index is 13.3. The molecule has 0 radical (unpaired) electrons. The Morgan fingerprint density at radius 1 is 1.03 bits per heavy atom. The lowest BCUT2D eigenvalue weighted by Gasteiger charge is -2.08. The number of nitrogens with zero attached hydrogens (tertiary/aromatic N) is 4. The van der Waals surface area contributed by atoms with Crippen LogP contribution in [0.1, 0.15) is 34.4 Å². The first-order valence-corrected chi connectivity index (χ1v) is 9.36. The zero-order valence-electron chi connectivity index (χ0n) is 16.4. The predicted octanol–water partition coefficient (Wildman–Crippen LogP) is 4.36. The number of aromatic nitrogens is 4. The van der Waals surface area contributed by atoms with Crippen LogP contribution in [0, 0.1) is 19.7 Å². The largest absolute Gasteiger partial charge is 0.321 e. The van der Waals surface area contributed by atoms with Crippen molar-refractivity contribution in [2.24, 2.45) is 0 Å². The lowest BCUT2D eigenvalue weighted by Crippen LogP contribution is -2.18. The van der Waals surface area contributed by atoms with Gasteiger partial charge in [-0.1, -0.05) is 31.2 Å². The maximum Gasteiger partial charge on any atom is 0.278 e. The van der Waals surface area contributed by atoms with Crippen molar-refractivity contribution in [1.82, 2.24) is 19.8 Å². The Bertz CT molecular complexity index is 1200. The van der Waals surface area contributed by atoms with Gasteiger partial charge in [-0.05, 0) is 55.7 Å². The highest BCUT2D eigenvalue weighted by Gasteiger charge is 2.20. The SMILES string of the molecule is CCc1ccc(NC(=O)c2nnc3c(-c4ccc(F)cc4)c(C)nn3c2C)cc1. The molecule has 6 nitrogen and oxygen atoms in total. The second-order valence-corrected chi connectivity index (χ2v) is 6.84. The topological polar surface area (TPSA) is 72.2 Å². The number of anilines is 1. The summed E-state index contributed by atoms with van der Waals surface area (Å²) in [5, 5.41) is 15.8. The summed E-state index contributed by atoms with van der Waals surface area (Å²) < 4.78 is 14.9. The number of hydrogen-bond donors (Lipinski definition) is 1. The molecule has 0 aliphatic heterocycles. The Morgan fingerprint density at radius 3 is 2.38 bits per heavy atom. The predicted molar refractivity (Wildman–Crippen MR) is 109 cm³/mol. The van der Waals surface area contributed by atoms with Gasteiger partial charge in [0.25, 0.3) is 5.91 Å². The van der Waals surface area contributed by atoms with Gasteiger partial charge in [0.05, 0.1) is 17.0 Å². The standard InChI is InChI=1S/C22H20FN5O/c1-4-15-5-11-18(12-6-15)24-22(29)20-14(3)28-21(26-25-20)19(13(2)27-28)16-7-9-17(23)10-8-16/h5-12H,4H2,1-3H3,(H,24,29). The smallest absolute Gasteiger partial charge is 0.278 e. The van der Waals surface area contributed by atoms with Gasteiger partial charge in [0, 0.05) is 5.69 Å². The Balaban J connectivity index is 1.70. The normalized spacial score (nSPS) is 11.0. The van der Waals surface area contributed by atoms with Crippen molar-refractivity contribution in [3.63, 3.8) is 0 Å². The molecule has 4 aromatic rings. The molecule has 0 fully saturated rings. The number of carbonyl (C=O) groups excluding carboxylic acids is 1. The molecule has 4 rings (SSSR count). The Morgan fingerprint density at radius 2 is 1.72 bits per heavy atom. The highest BCUT2D eigenvalue weighted by Crippen LogP contribution is 2.28. The number of hydrogen-bond acceptors (Lipinski definition) is 4. The molecule has 29 heavy (non-hydrogen) atoms. The van der Waals surface area contributed by atoms with E-state index in [0.29, 0.717) is 17.0 Å². The van der Waals surface area contributed by atoms with E-state index in [9.17, 15) is 9.18 Å². The van der Waals surface area contributed by atoms with Crippen LogP contribution >= 0.6 is 0 Å². The van der Waals surface area contributed by atoms with Crippen LogP contribution in [-0.2, 0) is 6.42 Å². The monoisotopic (exact) mass is 389 g/mol. The minimum atomic E-state index is -0.349. The quantitative estimate of drug-likeness (QED) is 0.563. The van der Waals surface area contributed by atoms with Crippen molar-refractivity contribution < 1.29 is 9.18 Å². The lowest BCUT2D eigenvalue weighted by molar-refractivity contribution is 0.102. The van der Waals surface area contributed by atoms with E-state index in [4.69, 9.17) is 0 Å². The van der Waals surface area contributed by atoms with Gasteiger partial charge in [0.2, 0.25) is 0 Å². The van der Waals surface area contributed by atoms with Gasteiger partial charge < -0.3 is 5.32 Å². The van der Waals surface area contributed by atoms with Crippen LogP contribution in [0.25, 0.3) is 16.8 Å². The van der Waals surface area contributed by atoms with E-state index in [1.165, 1.54) is 17.7 Å². The number of rotatable bonds is 4. The first-order valence-electron chi connectivity index (χ1n) is 9.36. The summed E-state index contributed by atoms with van der Waals surface area (Å²) in [5.41, 5.74) is 5.47. The van der Waals surface area contributed by atoms with Gasteiger partial charge in [0.1, 0.15) is 5.82 Å². The third kappa shape index (κ3) is 3.47. The molecule has 0 aliphatic rings. The molecular formula is C22H20FN5O. The van der Waals surface area contributed by atoms with Crippen molar-refractivity contribution in [2.75, 3.05) is 5.32 Å². The summed E-state index contributed by atoms with van der Waals surface area (Å²) in [6.45, 7) is 5.70. The maximum atomic E-state index is 13.3. The molecule has 0 spiro atoms. The number of halogens is 1. The van der Waals surface area contributed by atoms with E-state index in [2.05, 4.69) is 27.5 Å². The molecule has 7 heteroatoms.